The third kappa shape index (κ3) is 2.89. The van der Waals surface area contributed by atoms with Crippen molar-refractivity contribution in [3.8, 4) is 0 Å². The van der Waals surface area contributed by atoms with E-state index in [2.05, 4.69) is 0 Å². The van der Waals surface area contributed by atoms with Crippen molar-refractivity contribution in [1.82, 2.24) is 4.31 Å². The Kier molecular flexibility index (Phi) is 5.24. The fourth-order valence-electron chi connectivity index (χ4n) is 1.45. The van der Waals surface area contributed by atoms with Gasteiger partial charge in [-0.3, -0.25) is 0 Å². The molecule has 0 heterocycles. The highest BCUT2D eigenvalue weighted by molar-refractivity contribution is 7.89. The van der Waals surface area contributed by atoms with E-state index in [1.54, 1.807) is 6.92 Å². The van der Waals surface area contributed by atoms with Crippen molar-refractivity contribution < 1.29 is 13.5 Å². The van der Waals surface area contributed by atoms with Gasteiger partial charge in [-0.05, 0) is 12.1 Å². The Labute approximate surface area is 116 Å². The number of nitrogens with zero attached hydrogens (tertiary/aromatic N) is 1. The minimum absolute atomic E-state index is 0.00229. The number of nitrogens with two attached hydrogens (primary N) is 1. The van der Waals surface area contributed by atoms with Crippen LogP contribution in [0.2, 0.25) is 10.0 Å². The third-order valence-electron chi connectivity index (χ3n) is 2.41. The second-order valence-corrected chi connectivity index (χ2v) is 6.19. The Morgan fingerprint density at radius 2 is 2.00 bits per heavy atom. The summed E-state index contributed by atoms with van der Waals surface area (Å²) in [7, 11) is -3.78. The van der Waals surface area contributed by atoms with Crippen molar-refractivity contribution in [2.45, 2.75) is 11.8 Å². The van der Waals surface area contributed by atoms with Crippen LogP contribution in [0.4, 0.5) is 5.69 Å². The highest BCUT2D eigenvalue weighted by Crippen LogP contribution is 2.34. The predicted molar refractivity (Wildman–Crippen MR) is 72.4 cm³/mol. The lowest BCUT2D eigenvalue weighted by molar-refractivity contribution is 0.257. The smallest absolute Gasteiger partial charge is 0.244 e. The first kappa shape index (κ1) is 15.5. The Hall–Kier alpha value is -0.530. The van der Waals surface area contributed by atoms with E-state index in [1.165, 1.54) is 12.1 Å². The maximum atomic E-state index is 12.3. The number of anilines is 1. The minimum Gasteiger partial charge on any atom is -0.396 e. The molecule has 1 rings (SSSR count). The van der Waals surface area contributed by atoms with Gasteiger partial charge in [0.15, 0.2) is 0 Å². The number of nitrogen functional groups attached to an aromatic ring is 1. The molecule has 0 bridgehead atoms. The molecule has 0 saturated carbocycles. The number of sulfonamides is 1. The summed E-state index contributed by atoms with van der Waals surface area (Å²) in [5.41, 5.74) is 5.63. The molecule has 18 heavy (non-hydrogen) atoms. The maximum Gasteiger partial charge on any atom is 0.244 e. The van der Waals surface area contributed by atoms with Crippen molar-refractivity contribution in [3.63, 3.8) is 0 Å². The monoisotopic (exact) mass is 312 g/mol. The summed E-state index contributed by atoms with van der Waals surface area (Å²) >= 11 is 11.7. The van der Waals surface area contributed by atoms with Crippen LogP contribution in [0.1, 0.15) is 6.92 Å². The normalized spacial score (nSPS) is 12.1. The molecule has 0 aliphatic carbocycles. The quantitative estimate of drug-likeness (QED) is 0.808. The number of aliphatic hydroxyl groups excluding tert-OH is 1. The molecule has 0 spiro atoms. The van der Waals surface area contributed by atoms with Gasteiger partial charge in [-0.25, -0.2) is 8.42 Å². The van der Waals surface area contributed by atoms with E-state index in [9.17, 15) is 8.42 Å². The molecule has 1 aromatic rings. The summed E-state index contributed by atoms with van der Waals surface area (Å²) in [6.45, 7) is 1.62. The molecule has 0 atom stereocenters. The molecule has 3 N–H and O–H groups in total. The lowest BCUT2D eigenvalue weighted by Gasteiger charge is -2.20. The van der Waals surface area contributed by atoms with Crippen molar-refractivity contribution in [2.75, 3.05) is 25.4 Å². The molecule has 0 aliphatic heterocycles. The van der Waals surface area contributed by atoms with Crippen molar-refractivity contribution >= 4 is 38.9 Å². The zero-order valence-corrected chi connectivity index (χ0v) is 12.1. The lowest BCUT2D eigenvalue weighted by atomic mass is 10.3. The number of halogens is 2. The van der Waals surface area contributed by atoms with Crippen LogP contribution in [0.15, 0.2) is 17.0 Å². The van der Waals surface area contributed by atoms with Gasteiger partial charge in [0.1, 0.15) is 4.90 Å². The van der Waals surface area contributed by atoms with Gasteiger partial charge in [-0.2, -0.15) is 4.31 Å². The zero-order chi connectivity index (χ0) is 13.9. The first-order valence-corrected chi connectivity index (χ1v) is 7.40. The average molecular weight is 313 g/mol. The summed E-state index contributed by atoms with van der Waals surface area (Å²) in [4.78, 5) is -0.110. The molecule has 0 saturated heterocycles. The van der Waals surface area contributed by atoms with Crippen molar-refractivity contribution in [3.05, 3.63) is 22.2 Å². The molecule has 0 amide bonds. The molecular weight excluding hydrogens is 299 g/mol. The Balaban J connectivity index is 3.32. The number of hydrogen-bond acceptors (Lipinski definition) is 4. The second kappa shape index (κ2) is 6.08. The predicted octanol–water partition coefficient (Wildman–Crippen LogP) is 1.58. The molecule has 8 heteroatoms. The van der Waals surface area contributed by atoms with Crippen LogP contribution in [-0.4, -0.2) is 37.5 Å². The number of benzene rings is 1. The van der Waals surface area contributed by atoms with E-state index in [0.29, 0.717) is 0 Å². The van der Waals surface area contributed by atoms with Crippen LogP contribution in [0.3, 0.4) is 0 Å². The Morgan fingerprint density at radius 3 is 2.50 bits per heavy atom. The van der Waals surface area contributed by atoms with Gasteiger partial charge in [0.05, 0.1) is 22.3 Å². The van der Waals surface area contributed by atoms with E-state index in [0.717, 1.165) is 4.31 Å². The summed E-state index contributed by atoms with van der Waals surface area (Å²) in [6, 6.07) is 2.68. The van der Waals surface area contributed by atoms with Crippen LogP contribution in [0.25, 0.3) is 0 Å². The standard InChI is InChI=1S/C10H14Cl2N2O3S/c1-2-14(5-6-15)18(16,17)8-4-3-7(11)10(13)9(8)12/h3-4,15H,2,5-6,13H2,1H3. The summed E-state index contributed by atoms with van der Waals surface area (Å²) in [5, 5.41) is 8.96. The first-order chi connectivity index (χ1) is 8.36. The number of likely N-dealkylation sites (N-methyl/N-ethyl adjacent to an activating group) is 1. The fourth-order valence-corrected chi connectivity index (χ4v) is 3.63. The zero-order valence-electron chi connectivity index (χ0n) is 9.73. The van der Waals surface area contributed by atoms with E-state index in [4.69, 9.17) is 34.0 Å². The van der Waals surface area contributed by atoms with Gasteiger partial charge in [0.25, 0.3) is 0 Å². The molecule has 0 unspecified atom stereocenters. The van der Waals surface area contributed by atoms with Crippen LogP contribution in [0.5, 0.6) is 0 Å². The van der Waals surface area contributed by atoms with Gasteiger partial charge in [0, 0.05) is 13.1 Å². The molecule has 0 aromatic heterocycles. The van der Waals surface area contributed by atoms with Crippen LogP contribution in [-0.2, 0) is 10.0 Å². The van der Waals surface area contributed by atoms with E-state index < -0.39 is 10.0 Å². The number of rotatable bonds is 5. The van der Waals surface area contributed by atoms with Gasteiger partial charge in [0.2, 0.25) is 10.0 Å². The first-order valence-electron chi connectivity index (χ1n) is 5.20. The number of aliphatic hydroxyl groups is 1. The summed E-state index contributed by atoms with van der Waals surface area (Å²) in [6.07, 6.45) is 0. The largest absolute Gasteiger partial charge is 0.396 e. The van der Waals surface area contributed by atoms with Gasteiger partial charge in [-0.15, -0.1) is 0 Å². The Morgan fingerprint density at radius 1 is 1.39 bits per heavy atom. The molecule has 102 valence electrons. The molecular formula is C10H14Cl2N2O3S. The van der Waals surface area contributed by atoms with Crippen LogP contribution in [0, 0.1) is 0 Å². The molecule has 1 aromatic carbocycles. The summed E-state index contributed by atoms with van der Waals surface area (Å²) in [5.74, 6) is 0. The molecule has 0 radical (unpaired) electrons. The van der Waals surface area contributed by atoms with Crippen molar-refractivity contribution in [1.29, 1.82) is 0 Å². The highest BCUT2D eigenvalue weighted by Gasteiger charge is 2.26. The minimum atomic E-state index is -3.78. The second-order valence-electron chi connectivity index (χ2n) is 3.49. The summed E-state index contributed by atoms with van der Waals surface area (Å²) < 4.78 is 25.7. The van der Waals surface area contributed by atoms with Crippen LogP contribution < -0.4 is 5.73 Å². The topological polar surface area (TPSA) is 83.6 Å². The van der Waals surface area contributed by atoms with Gasteiger partial charge < -0.3 is 10.8 Å². The van der Waals surface area contributed by atoms with Crippen LogP contribution >= 0.6 is 23.2 Å². The third-order valence-corrected chi connectivity index (χ3v) is 5.28. The molecule has 0 aliphatic rings. The van der Waals surface area contributed by atoms with Gasteiger partial charge in [-0.1, -0.05) is 30.1 Å². The van der Waals surface area contributed by atoms with E-state index in [-0.39, 0.29) is 40.3 Å². The maximum absolute atomic E-state index is 12.3. The van der Waals surface area contributed by atoms with E-state index in [1.807, 2.05) is 0 Å². The number of hydrogen-bond donors (Lipinski definition) is 2. The van der Waals surface area contributed by atoms with E-state index >= 15 is 0 Å². The van der Waals surface area contributed by atoms with Crippen molar-refractivity contribution in [2.24, 2.45) is 0 Å². The average Bonchev–Trinajstić information content (AvgIpc) is 2.32. The fraction of sp³-hybridized carbons (Fsp3) is 0.400. The molecule has 0 fully saturated rings. The SMILES string of the molecule is CCN(CCO)S(=O)(=O)c1ccc(Cl)c(N)c1Cl. The Bertz CT molecular complexity index is 534. The lowest BCUT2D eigenvalue weighted by Crippen LogP contribution is -2.33. The highest BCUT2D eigenvalue weighted by atomic mass is 35.5. The molecule has 5 nitrogen and oxygen atoms in total. The van der Waals surface area contributed by atoms with Gasteiger partial charge >= 0.3 is 0 Å².